The van der Waals surface area contributed by atoms with Gasteiger partial charge in [-0.05, 0) is 42.7 Å². The van der Waals surface area contributed by atoms with Gasteiger partial charge in [-0.15, -0.1) is 0 Å². The van der Waals surface area contributed by atoms with Crippen molar-refractivity contribution in [3.63, 3.8) is 0 Å². The molecule has 150 valence electrons. The van der Waals surface area contributed by atoms with E-state index in [0.29, 0.717) is 42.3 Å². The summed E-state index contributed by atoms with van der Waals surface area (Å²) in [4.78, 5) is 12.5. The van der Waals surface area contributed by atoms with Crippen LogP contribution in [-0.4, -0.2) is 44.0 Å². The number of halogens is 1. The molecule has 0 radical (unpaired) electrons. The molecule has 1 heterocycles. The van der Waals surface area contributed by atoms with Gasteiger partial charge < -0.3 is 5.32 Å². The second kappa shape index (κ2) is 9.54. The first-order valence-electron chi connectivity index (χ1n) is 9.18. The van der Waals surface area contributed by atoms with Crippen LogP contribution < -0.4 is 5.32 Å². The Balaban J connectivity index is 1.51. The minimum absolute atomic E-state index is 0.149. The molecule has 0 unspecified atom stereocenters. The molecule has 1 aliphatic heterocycles. The molecule has 0 aromatic heterocycles. The first-order valence-corrected chi connectivity index (χ1v) is 11.8. The number of amides is 1. The molecule has 5 nitrogen and oxygen atoms in total. The van der Waals surface area contributed by atoms with Crippen LogP contribution in [0.5, 0.6) is 0 Å². The van der Waals surface area contributed by atoms with Crippen LogP contribution in [0.1, 0.15) is 28.8 Å². The van der Waals surface area contributed by atoms with Crippen LogP contribution in [0.3, 0.4) is 0 Å². The Morgan fingerprint density at radius 3 is 2.61 bits per heavy atom. The molecular formula is C20H23FN2O3S2. The van der Waals surface area contributed by atoms with Gasteiger partial charge in [-0.25, -0.2) is 12.8 Å². The van der Waals surface area contributed by atoms with E-state index in [1.165, 1.54) is 34.3 Å². The van der Waals surface area contributed by atoms with Crippen LogP contribution >= 0.6 is 11.8 Å². The van der Waals surface area contributed by atoms with Gasteiger partial charge in [0, 0.05) is 36.7 Å². The SMILES string of the molecule is O=C(NCCSCc1ccccc1F)c1cccc(S(=O)(=O)N2CCCC2)c1. The highest BCUT2D eigenvalue weighted by molar-refractivity contribution is 7.98. The van der Waals surface area contributed by atoms with E-state index in [9.17, 15) is 17.6 Å². The summed E-state index contributed by atoms with van der Waals surface area (Å²) in [5, 5.41) is 2.79. The van der Waals surface area contributed by atoms with Crippen LogP contribution in [0.4, 0.5) is 4.39 Å². The third-order valence-corrected chi connectivity index (χ3v) is 7.45. The lowest BCUT2D eigenvalue weighted by Gasteiger charge is -2.16. The molecule has 3 rings (SSSR count). The molecule has 2 aromatic carbocycles. The highest BCUT2D eigenvalue weighted by atomic mass is 32.2. The molecule has 0 atom stereocenters. The fourth-order valence-corrected chi connectivity index (χ4v) is 5.42. The lowest BCUT2D eigenvalue weighted by atomic mass is 10.2. The summed E-state index contributed by atoms with van der Waals surface area (Å²) in [5.74, 6) is 0.623. The zero-order chi connectivity index (χ0) is 20.0. The molecule has 0 bridgehead atoms. The highest BCUT2D eigenvalue weighted by Crippen LogP contribution is 2.21. The van der Waals surface area contributed by atoms with Gasteiger partial charge in [0.2, 0.25) is 10.0 Å². The number of nitrogens with zero attached hydrogens (tertiary/aromatic N) is 1. The number of benzene rings is 2. The third kappa shape index (κ3) is 5.12. The number of sulfonamides is 1. The van der Waals surface area contributed by atoms with Crippen molar-refractivity contribution in [3.8, 4) is 0 Å². The van der Waals surface area contributed by atoms with Crippen molar-refractivity contribution >= 4 is 27.7 Å². The van der Waals surface area contributed by atoms with Gasteiger partial charge in [0.05, 0.1) is 4.90 Å². The second-order valence-corrected chi connectivity index (χ2v) is 9.58. The lowest BCUT2D eigenvalue weighted by molar-refractivity contribution is 0.0956. The Bertz CT molecular complexity index is 929. The normalized spacial score (nSPS) is 14.9. The maximum atomic E-state index is 13.6. The van der Waals surface area contributed by atoms with Crippen molar-refractivity contribution in [1.29, 1.82) is 0 Å². The Morgan fingerprint density at radius 2 is 1.86 bits per heavy atom. The minimum Gasteiger partial charge on any atom is -0.351 e. The van der Waals surface area contributed by atoms with Crippen molar-refractivity contribution in [2.24, 2.45) is 0 Å². The average Bonchev–Trinajstić information content (AvgIpc) is 3.25. The monoisotopic (exact) mass is 422 g/mol. The van der Waals surface area contributed by atoms with Gasteiger partial charge in [-0.3, -0.25) is 4.79 Å². The fourth-order valence-electron chi connectivity index (χ4n) is 3.01. The number of rotatable bonds is 8. The summed E-state index contributed by atoms with van der Waals surface area (Å²) in [7, 11) is -3.54. The maximum Gasteiger partial charge on any atom is 0.251 e. The Labute approximate surface area is 169 Å². The Kier molecular flexibility index (Phi) is 7.09. The molecular weight excluding hydrogens is 399 g/mol. The molecule has 1 saturated heterocycles. The van der Waals surface area contributed by atoms with Crippen molar-refractivity contribution < 1.29 is 17.6 Å². The molecule has 0 spiro atoms. The van der Waals surface area contributed by atoms with Gasteiger partial charge in [0.25, 0.3) is 5.91 Å². The summed E-state index contributed by atoms with van der Waals surface area (Å²) in [6, 6.07) is 12.8. The summed E-state index contributed by atoms with van der Waals surface area (Å²) < 4.78 is 40.3. The number of nitrogens with one attached hydrogen (secondary N) is 1. The van der Waals surface area contributed by atoms with E-state index in [0.717, 1.165) is 12.8 Å². The van der Waals surface area contributed by atoms with Crippen LogP contribution in [0, 0.1) is 5.82 Å². The number of thioether (sulfide) groups is 1. The number of carbonyl (C=O) groups is 1. The lowest BCUT2D eigenvalue weighted by Crippen LogP contribution is -2.29. The topological polar surface area (TPSA) is 66.5 Å². The quantitative estimate of drug-likeness (QED) is 0.663. The van der Waals surface area contributed by atoms with E-state index in [4.69, 9.17) is 0 Å². The first-order chi connectivity index (χ1) is 13.5. The predicted octanol–water partition coefficient (Wildman–Crippen LogP) is 3.27. The van der Waals surface area contributed by atoms with E-state index in [-0.39, 0.29) is 16.6 Å². The minimum atomic E-state index is -3.54. The molecule has 1 aliphatic rings. The fraction of sp³-hybridized carbons (Fsp3) is 0.350. The molecule has 8 heteroatoms. The van der Waals surface area contributed by atoms with Crippen LogP contribution in [0.25, 0.3) is 0 Å². The predicted molar refractivity (Wildman–Crippen MR) is 109 cm³/mol. The van der Waals surface area contributed by atoms with Crippen molar-refractivity contribution in [3.05, 3.63) is 65.5 Å². The van der Waals surface area contributed by atoms with E-state index < -0.39 is 10.0 Å². The van der Waals surface area contributed by atoms with Crippen LogP contribution in [-0.2, 0) is 15.8 Å². The van der Waals surface area contributed by atoms with Crippen molar-refractivity contribution in [1.82, 2.24) is 9.62 Å². The van der Waals surface area contributed by atoms with Gasteiger partial charge >= 0.3 is 0 Å². The zero-order valence-electron chi connectivity index (χ0n) is 15.4. The third-order valence-electron chi connectivity index (χ3n) is 4.55. The van der Waals surface area contributed by atoms with Crippen LogP contribution in [0.15, 0.2) is 53.4 Å². The molecule has 28 heavy (non-hydrogen) atoms. The number of hydrogen-bond donors (Lipinski definition) is 1. The summed E-state index contributed by atoms with van der Waals surface area (Å²) in [5.41, 5.74) is 0.957. The largest absolute Gasteiger partial charge is 0.351 e. The summed E-state index contributed by atoms with van der Waals surface area (Å²) in [6.07, 6.45) is 1.73. The molecule has 0 saturated carbocycles. The Hall–Kier alpha value is -1.90. The van der Waals surface area contributed by atoms with E-state index in [1.807, 2.05) is 0 Å². The number of hydrogen-bond acceptors (Lipinski definition) is 4. The average molecular weight is 423 g/mol. The second-order valence-electron chi connectivity index (χ2n) is 6.54. The van der Waals surface area contributed by atoms with Crippen molar-refractivity contribution in [2.45, 2.75) is 23.5 Å². The molecule has 1 N–H and O–H groups in total. The maximum absolute atomic E-state index is 13.6. The molecule has 2 aromatic rings. The highest BCUT2D eigenvalue weighted by Gasteiger charge is 2.27. The van der Waals surface area contributed by atoms with Gasteiger partial charge in [0.15, 0.2) is 0 Å². The Morgan fingerprint density at radius 1 is 1.11 bits per heavy atom. The molecule has 1 fully saturated rings. The number of carbonyl (C=O) groups excluding carboxylic acids is 1. The van der Waals surface area contributed by atoms with E-state index in [2.05, 4.69) is 5.32 Å². The van der Waals surface area contributed by atoms with Gasteiger partial charge in [-0.1, -0.05) is 24.3 Å². The smallest absolute Gasteiger partial charge is 0.251 e. The molecule has 0 aliphatic carbocycles. The summed E-state index contributed by atoms with van der Waals surface area (Å²) in [6.45, 7) is 1.47. The molecule has 1 amide bonds. The zero-order valence-corrected chi connectivity index (χ0v) is 17.1. The van der Waals surface area contributed by atoms with Crippen LogP contribution in [0.2, 0.25) is 0 Å². The van der Waals surface area contributed by atoms with E-state index >= 15 is 0 Å². The summed E-state index contributed by atoms with van der Waals surface area (Å²) >= 11 is 1.52. The van der Waals surface area contributed by atoms with Gasteiger partial charge in [-0.2, -0.15) is 16.1 Å². The standard InChI is InChI=1S/C20H23FN2O3S2/c21-19-9-2-1-6-17(19)15-27-13-10-22-20(24)16-7-5-8-18(14-16)28(25,26)23-11-3-4-12-23/h1-2,5-9,14H,3-4,10-13,15H2,(H,22,24). The van der Waals surface area contributed by atoms with Gasteiger partial charge in [0.1, 0.15) is 5.82 Å². The first kappa shape index (κ1) is 20.8. The van der Waals surface area contributed by atoms with E-state index in [1.54, 1.807) is 30.3 Å². The van der Waals surface area contributed by atoms with Crippen molar-refractivity contribution in [2.75, 3.05) is 25.4 Å².